The zero-order valence-corrected chi connectivity index (χ0v) is 25.8. The Morgan fingerprint density at radius 1 is 0.957 bits per heavy atom. The summed E-state index contributed by atoms with van der Waals surface area (Å²) >= 11 is 1.26. The lowest BCUT2D eigenvalue weighted by atomic mass is 9.95. The molecule has 0 saturated heterocycles. The lowest BCUT2D eigenvalue weighted by molar-refractivity contribution is -0.113. The number of benzene rings is 4. The van der Waals surface area contributed by atoms with E-state index in [1.54, 1.807) is 61.1 Å². The summed E-state index contributed by atoms with van der Waals surface area (Å²) in [5.41, 5.74) is 3.83. The van der Waals surface area contributed by atoms with Gasteiger partial charge < -0.3 is 19.9 Å². The SMILES string of the molecule is COc1cccc([C@H]2C(C(=O)Nc3ccccc3)=C(C)N=c3s/c(=C/c4ccc(OCc5ccc(C(=O)O)cc5)cc4)c(=O)n32)c1. The van der Waals surface area contributed by atoms with Gasteiger partial charge in [-0.3, -0.25) is 14.2 Å². The van der Waals surface area contributed by atoms with Crippen molar-refractivity contribution in [1.29, 1.82) is 0 Å². The molecule has 1 amide bonds. The van der Waals surface area contributed by atoms with E-state index in [2.05, 4.69) is 5.32 Å². The van der Waals surface area contributed by atoms with Crippen molar-refractivity contribution >= 4 is 35.0 Å². The van der Waals surface area contributed by atoms with E-state index in [-0.39, 0.29) is 23.6 Å². The first-order chi connectivity index (χ1) is 22.3. The lowest BCUT2D eigenvalue weighted by Crippen LogP contribution is -2.40. The summed E-state index contributed by atoms with van der Waals surface area (Å²) in [4.78, 5) is 44.0. The van der Waals surface area contributed by atoms with Gasteiger partial charge in [-0.2, -0.15) is 0 Å². The number of thiazole rings is 1. The fraction of sp³-hybridized carbons (Fsp3) is 0.111. The van der Waals surface area contributed by atoms with Gasteiger partial charge in [0.05, 0.1) is 34.5 Å². The number of methoxy groups -OCH3 is 1. The van der Waals surface area contributed by atoms with Crippen molar-refractivity contribution in [2.45, 2.75) is 19.6 Å². The normalized spacial score (nSPS) is 14.3. The van der Waals surface area contributed by atoms with Crippen LogP contribution >= 0.6 is 11.3 Å². The smallest absolute Gasteiger partial charge is 0.335 e. The van der Waals surface area contributed by atoms with Crippen LogP contribution in [-0.4, -0.2) is 28.7 Å². The van der Waals surface area contributed by atoms with Crippen LogP contribution in [-0.2, 0) is 11.4 Å². The Hall–Kier alpha value is -5.74. The number of anilines is 1. The van der Waals surface area contributed by atoms with E-state index in [9.17, 15) is 14.4 Å². The summed E-state index contributed by atoms with van der Waals surface area (Å²) in [6.45, 7) is 2.06. The molecular weight excluding hydrogens is 602 g/mol. The van der Waals surface area contributed by atoms with Gasteiger partial charge in [-0.25, -0.2) is 9.79 Å². The second-order valence-corrected chi connectivity index (χ2v) is 11.5. The molecule has 1 aromatic heterocycles. The highest BCUT2D eigenvalue weighted by molar-refractivity contribution is 7.07. The average molecular weight is 632 g/mol. The number of nitrogens with one attached hydrogen (secondary N) is 1. The zero-order valence-electron chi connectivity index (χ0n) is 25.0. The first kappa shape index (κ1) is 30.3. The number of ether oxygens (including phenoxy) is 2. The molecule has 46 heavy (non-hydrogen) atoms. The topological polar surface area (TPSA) is 119 Å². The number of aromatic nitrogens is 1. The summed E-state index contributed by atoms with van der Waals surface area (Å²) in [7, 11) is 1.57. The Balaban J connectivity index is 1.31. The van der Waals surface area contributed by atoms with Crippen molar-refractivity contribution in [2.75, 3.05) is 12.4 Å². The minimum Gasteiger partial charge on any atom is -0.497 e. The molecule has 2 heterocycles. The van der Waals surface area contributed by atoms with Crippen LogP contribution in [0.5, 0.6) is 11.5 Å². The van der Waals surface area contributed by atoms with Crippen molar-refractivity contribution in [1.82, 2.24) is 4.57 Å². The number of carboxylic acid groups (broad SMARTS) is 1. The molecule has 6 rings (SSSR count). The molecule has 0 aliphatic carbocycles. The molecule has 1 aliphatic rings. The number of carbonyl (C=O) groups is 2. The Morgan fingerprint density at radius 3 is 2.39 bits per heavy atom. The standard InChI is InChI=1S/C36H29N3O6S/c1-22-31(33(40)38-27-8-4-3-5-9-27)32(26-7-6-10-29(20-26)44-2)39-34(41)30(46-36(39)37-22)19-23-13-17-28(18-14-23)45-21-24-11-15-25(16-12-24)35(42)43/h3-20,32H,21H2,1-2H3,(H,38,40)(H,42,43)/b30-19+/t32-/m0/s1. The maximum atomic E-state index is 14.0. The maximum Gasteiger partial charge on any atom is 0.335 e. The van der Waals surface area contributed by atoms with Crippen LogP contribution < -0.4 is 29.7 Å². The second-order valence-electron chi connectivity index (χ2n) is 10.5. The molecule has 4 aromatic carbocycles. The van der Waals surface area contributed by atoms with E-state index < -0.39 is 12.0 Å². The highest BCUT2D eigenvalue weighted by atomic mass is 32.1. The van der Waals surface area contributed by atoms with Gasteiger partial charge in [0.1, 0.15) is 18.1 Å². The minimum atomic E-state index is -0.976. The molecule has 0 bridgehead atoms. The van der Waals surface area contributed by atoms with Gasteiger partial charge in [-0.1, -0.05) is 65.9 Å². The Morgan fingerprint density at radius 2 is 1.70 bits per heavy atom. The van der Waals surface area contributed by atoms with Crippen molar-refractivity contribution in [2.24, 2.45) is 4.99 Å². The summed E-state index contributed by atoms with van der Waals surface area (Å²) in [5, 5.41) is 12.0. The number of amides is 1. The number of hydrogen-bond donors (Lipinski definition) is 2. The van der Waals surface area contributed by atoms with Gasteiger partial charge in [0.15, 0.2) is 4.80 Å². The van der Waals surface area contributed by atoms with Crippen LogP contribution in [0.1, 0.15) is 40.0 Å². The zero-order chi connectivity index (χ0) is 32.2. The highest BCUT2D eigenvalue weighted by Gasteiger charge is 2.32. The molecule has 0 fully saturated rings. The largest absolute Gasteiger partial charge is 0.497 e. The maximum absolute atomic E-state index is 14.0. The van der Waals surface area contributed by atoms with Crippen molar-refractivity contribution in [3.8, 4) is 11.5 Å². The number of allylic oxidation sites excluding steroid dienone is 1. The molecule has 2 N–H and O–H groups in total. The summed E-state index contributed by atoms with van der Waals surface area (Å²) in [6.07, 6.45) is 1.80. The Kier molecular flexibility index (Phi) is 8.62. The fourth-order valence-corrected chi connectivity index (χ4v) is 6.23. The third-order valence-electron chi connectivity index (χ3n) is 7.49. The van der Waals surface area contributed by atoms with E-state index >= 15 is 0 Å². The molecule has 0 spiro atoms. The molecule has 5 aromatic rings. The Bertz CT molecular complexity index is 2130. The minimum absolute atomic E-state index is 0.218. The molecule has 9 nitrogen and oxygen atoms in total. The molecule has 230 valence electrons. The number of para-hydroxylation sites is 1. The number of carboxylic acids is 1. The number of fused-ring (bicyclic) bond motifs is 1. The van der Waals surface area contributed by atoms with E-state index in [1.165, 1.54) is 11.3 Å². The molecular formula is C36H29N3O6S. The van der Waals surface area contributed by atoms with E-state index in [4.69, 9.17) is 19.6 Å². The van der Waals surface area contributed by atoms with Gasteiger partial charge in [0.25, 0.3) is 11.5 Å². The van der Waals surface area contributed by atoms with Gasteiger partial charge in [0.2, 0.25) is 0 Å². The van der Waals surface area contributed by atoms with Crippen LogP contribution in [0.4, 0.5) is 5.69 Å². The van der Waals surface area contributed by atoms with Crippen molar-refractivity contribution in [3.05, 3.63) is 156 Å². The summed E-state index contributed by atoms with van der Waals surface area (Å²) in [5.74, 6) is -0.0845. The van der Waals surface area contributed by atoms with Gasteiger partial charge in [-0.05, 0) is 78.2 Å². The summed E-state index contributed by atoms with van der Waals surface area (Å²) < 4.78 is 13.4. The molecule has 0 radical (unpaired) electrons. The van der Waals surface area contributed by atoms with Gasteiger partial charge >= 0.3 is 5.97 Å². The van der Waals surface area contributed by atoms with E-state index in [0.29, 0.717) is 37.8 Å². The lowest BCUT2D eigenvalue weighted by Gasteiger charge is -2.25. The second kappa shape index (κ2) is 13.1. The summed E-state index contributed by atoms with van der Waals surface area (Å²) in [6, 6.07) is 29.6. The molecule has 0 unspecified atom stereocenters. The monoisotopic (exact) mass is 631 g/mol. The van der Waals surface area contributed by atoms with Crippen molar-refractivity contribution in [3.63, 3.8) is 0 Å². The number of carbonyl (C=O) groups excluding carboxylic acids is 1. The molecule has 1 atom stereocenters. The molecule has 10 heteroatoms. The van der Waals surface area contributed by atoms with Crippen LogP contribution in [0, 0.1) is 0 Å². The van der Waals surface area contributed by atoms with Crippen LogP contribution in [0.2, 0.25) is 0 Å². The predicted molar refractivity (Wildman–Crippen MR) is 176 cm³/mol. The van der Waals surface area contributed by atoms with Crippen LogP contribution in [0.3, 0.4) is 0 Å². The third kappa shape index (κ3) is 6.38. The number of rotatable bonds is 9. The van der Waals surface area contributed by atoms with Gasteiger partial charge in [-0.15, -0.1) is 0 Å². The highest BCUT2D eigenvalue weighted by Crippen LogP contribution is 2.32. The Labute approximate surface area is 268 Å². The number of nitrogens with zero attached hydrogens (tertiary/aromatic N) is 2. The third-order valence-corrected chi connectivity index (χ3v) is 8.47. The number of aromatic carboxylic acids is 1. The van der Waals surface area contributed by atoms with Gasteiger partial charge in [0, 0.05) is 5.69 Å². The molecule has 0 saturated carbocycles. The van der Waals surface area contributed by atoms with E-state index in [1.807, 2.05) is 66.7 Å². The fourth-order valence-electron chi connectivity index (χ4n) is 5.18. The number of hydrogen-bond acceptors (Lipinski definition) is 7. The first-order valence-electron chi connectivity index (χ1n) is 14.4. The molecule has 1 aliphatic heterocycles. The first-order valence-corrected chi connectivity index (χ1v) is 15.2. The average Bonchev–Trinajstić information content (AvgIpc) is 3.37. The quantitative estimate of drug-likeness (QED) is 0.232. The van der Waals surface area contributed by atoms with Crippen LogP contribution in [0.25, 0.3) is 6.08 Å². The predicted octanol–water partition coefficient (Wildman–Crippen LogP) is 5.16. The van der Waals surface area contributed by atoms with Crippen molar-refractivity contribution < 1.29 is 24.2 Å². The van der Waals surface area contributed by atoms with E-state index in [0.717, 1.165) is 16.7 Å². The van der Waals surface area contributed by atoms with Crippen LogP contribution in [0.15, 0.2) is 124 Å².